The number of hydrogen-bond acceptors (Lipinski definition) is 6. The highest BCUT2D eigenvalue weighted by Gasteiger charge is 2.19. The number of nitro benzene ring substituents is 1. The SMILES string of the molecule is CSCCCNS(=O)(=O)c1ccc([N+](=O)[O-])cc1N. The van der Waals surface area contributed by atoms with Crippen molar-refractivity contribution < 1.29 is 13.3 Å². The van der Waals surface area contributed by atoms with Crippen molar-refractivity contribution in [3.8, 4) is 0 Å². The lowest BCUT2D eigenvalue weighted by molar-refractivity contribution is -0.384. The Morgan fingerprint density at radius 2 is 2.16 bits per heavy atom. The lowest BCUT2D eigenvalue weighted by atomic mass is 10.3. The van der Waals surface area contributed by atoms with Crippen molar-refractivity contribution in [3.05, 3.63) is 28.3 Å². The highest BCUT2D eigenvalue weighted by Crippen LogP contribution is 2.23. The molecule has 19 heavy (non-hydrogen) atoms. The van der Waals surface area contributed by atoms with Crippen LogP contribution in [0.5, 0.6) is 0 Å². The summed E-state index contributed by atoms with van der Waals surface area (Å²) in [5.74, 6) is 0.845. The van der Waals surface area contributed by atoms with Gasteiger partial charge in [0.25, 0.3) is 5.69 Å². The maximum Gasteiger partial charge on any atom is 0.271 e. The highest BCUT2D eigenvalue weighted by atomic mass is 32.2. The van der Waals surface area contributed by atoms with E-state index in [1.807, 2.05) is 6.26 Å². The molecule has 9 heteroatoms. The van der Waals surface area contributed by atoms with Crippen LogP contribution in [0.25, 0.3) is 0 Å². The summed E-state index contributed by atoms with van der Waals surface area (Å²) in [5.41, 5.74) is 5.18. The fourth-order valence-corrected chi connectivity index (χ4v) is 3.01. The Kier molecular flexibility index (Phi) is 5.58. The van der Waals surface area contributed by atoms with Gasteiger partial charge >= 0.3 is 0 Å². The van der Waals surface area contributed by atoms with Gasteiger partial charge < -0.3 is 5.73 Å². The second-order valence-corrected chi connectivity index (χ2v) is 6.44. The van der Waals surface area contributed by atoms with Gasteiger partial charge in [0, 0.05) is 18.7 Å². The van der Waals surface area contributed by atoms with E-state index in [0.29, 0.717) is 13.0 Å². The van der Waals surface area contributed by atoms with E-state index < -0.39 is 14.9 Å². The molecule has 0 fully saturated rings. The van der Waals surface area contributed by atoms with Crippen molar-refractivity contribution in [3.63, 3.8) is 0 Å². The van der Waals surface area contributed by atoms with Crippen LogP contribution in [-0.4, -0.2) is 31.9 Å². The Labute approximate surface area is 115 Å². The molecule has 0 heterocycles. The summed E-state index contributed by atoms with van der Waals surface area (Å²) in [6.45, 7) is 0.305. The van der Waals surface area contributed by atoms with Crippen LogP contribution in [0.4, 0.5) is 11.4 Å². The summed E-state index contributed by atoms with van der Waals surface area (Å²) in [4.78, 5) is 9.78. The van der Waals surface area contributed by atoms with Crippen LogP contribution in [0.2, 0.25) is 0 Å². The van der Waals surface area contributed by atoms with Crippen LogP contribution < -0.4 is 10.5 Å². The molecule has 1 aromatic carbocycles. The van der Waals surface area contributed by atoms with Crippen molar-refractivity contribution in [2.75, 3.05) is 24.3 Å². The average molecular weight is 305 g/mol. The Bertz CT molecular complexity index is 560. The minimum Gasteiger partial charge on any atom is -0.397 e. The number of thioether (sulfide) groups is 1. The van der Waals surface area contributed by atoms with Crippen molar-refractivity contribution in [1.82, 2.24) is 4.72 Å². The molecule has 1 rings (SSSR count). The van der Waals surface area contributed by atoms with Gasteiger partial charge in [-0.25, -0.2) is 13.1 Å². The van der Waals surface area contributed by atoms with Gasteiger partial charge in [-0.1, -0.05) is 0 Å². The first kappa shape index (κ1) is 15.7. The van der Waals surface area contributed by atoms with Crippen LogP contribution in [0.1, 0.15) is 6.42 Å². The van der Waals surface area contributed by atoms with E-state index in [2.05, 4.69) is 4.72 Å². The maximum atomic E-state index is 11.9. The minimum absolute atomic E-state index is 0.133. The van der Waals surface area contributed by atoms with Gasteiger partial charge in [0.2, 0.25) is 10.0 Å². The molecule has 0 amide bonds. The number of nitro groups is 1. The number of anilines is 1. The molecule has 0 aromatic heterocycles. The Balaban J connectivity index is 2.87. The fraction of sp³-hybridized carbons (Fsp3) is 0.400. The molecule has 0 saturated heterocycles. The molecule has 0 unspecified atom stereocenters. The molecule has 0 aliphatic rings. The van der Waals surface area contributed by atoms with Gasteiger partial charge in [0.05, 0.1) is 10.6 Å². The van der Waals surface area contributed by atoms with Gasteiger partial charge in [-0.3, -0.25) is 10.1 Å². The largest absolute Gasteiger partial charge is 0.397 e. The number of non-ortho nitro benzene ring substituents is 1. The second kappa shape index (κ2) is 6.73. The van der Waals surface area contributed by atoms with Crippen molar-refractivity contribution >= 4 is 33.2 Å². The van der Waals surface area contributed by atoms with E-state index >= 15 is 0 Å². The molecule has 0 aliphatic heterocycles. The number of nitrogen functional groups attached to an aromatic ring is 1. The molecule has 106 valence electrons. The summed E-state index contributed by atoms with van der Waals surface area (Å²) < 4.78 is 26.3. The van der Waals surface area contributed by atoms with Gasteiger partial charge in [-0.15, -0.1) is 0 Å². The van der Waals surface area contributed by atoms with Crippen molar-refractivity contribution in [1.29, 1.82) is 0 Å². The molecule has 7 nitrogen and oxygen atoms in total. The molecule has 0 spiro atoms. The van der Waals surface area contributed by atoms with Crippen LogP contribution in [-0.2, 0) is 10.0 Å². The summed E-state index contributed by atoms with van der Waals surface area (Å²) in [6, 6.07) is 3.30. The molecule has 1 aromatic rings. The normalized spacial score (nSPS) is 11.4. The van der Waals surface area contributed by atoms with Gasteiger partial charge in [0.1, 0.15) is 4.90 Å². The smallest absolute Gasteiger partial charge is 0.271 e. The number of nitrogens with zero attached hydrogens (tertiary/aromatic N) is 1. The minimum atomic E-state index is -3.72. The van der Waals surface area contributed by atoms with Crippen molar-refractivity contribution in [2.24, 2.45) is 0 Å². The van der Waals surface area contributed by atoms with E-state index in [0.717, 1.165) is 24.0 Å². The lowest BCUT2D eigenvalue weighted by Gasteiger charge is -2.08. The highest BCUT2D eigenvalue weighted by molar-refractivity contribution is 7.98. The number of benzene rings is 1. The molecule has 0 radical (unpaired) electrons. The molecule has 0 bridgehead atoms. The zero-order chi connectivity index (χ0) is 14.5. The number of sulfonamides is 1. The van der Waals surface area contributed by atoms with E-state index in [9.17, 15) is 18.5 Å². The number of nitrogens with one attached hydrogen (secondary N) is 1. The predicted octanol–water partition coefficient (Wildman–Crippen LogP) is 1.21. The summed E-state index contributed by atoms with van der Waals surface area (Å²) >= 11 is 1.62. The maximum absolute atomic E-state index is 11.9. The summed E-state index contributed by atoms with van der Waals surface area (Å²) in [5, 5.41) is 10.5. The quantitative estimate of drug-likeness (QED) is 0.338. The third-order valence-corrected chi connectivity index (χ3v) is 4.54. The zero-order valence-electron chi connectivity index (χ0n) is 10.3. The third-order valence-electron chi connectivity index (χ3n) is 2.31. The standard InChI is InChI=1S/C10H15N3O4S2/c1-18-6-2-5-12-19(16,17)10-4-3-8(13(14)15)7-9(10)11/h3-4,7,12H,2,5-6,11H2,1H3. The summed E-state index contributed by atoms with van der Waals surface area (Å²) in [6.07, 6.45) is 2.64. The monoisotopic (exact) mass is 305 g/mol. The van der Waals surface area contributed by atoms with Crippen molar-refractivity contribution in [2.45, 2.75) is 11.3 Å². The third kappa shape index (κ3) is 4.37. The van der Waals surface area contributed by atoms with Gasteiger partial charge in [-0.05, 0) is 24.5 Å². The first-order valence-electron chi connectivity index (χ1n) is 5.41. The summed E-state index contributed by atoms with van der Waals surface area (Å²) in [7, 11) is -3.72. The first-order chi connectivity index (χ1) is 8.88. The molecule has 3 N–H and O–H groups in total. The van der Waals surface area contributed by atoms with Gasteiger partial charge in [-0.2, -0.15) is 11.8 Å². The van der Waals surface area contributed by atoms with Crippen LogP contribution in [0.15, 0.2) is 23.1 Å². The van der Waals surface area contributed by atoms with E-state index in [-0.39, 0.29) is 16.3 Å². The fourth-order valence-electron chi connectivity index (χ4n) is 1.39. The molecule has 0 atom stereocenters. The lowest BCUT2D eigenvalue weighted by Crippen LogP contribution is -2.26. The van der Waals surface area contributed by atoms with Crippen LogP contribution in [0.3, 0.4) is 0 Å². The van der Waals surface area contributed by atoms with E-state index in [4.69, 9.17) is 5.73 Å². The number of nitrogens with two attached hydrogens (primary N) is 1. The molecule has 0 aliphatic carbocycles. The topological polar surface area (TPSA) is 115 Å². The van der Waals surface area contributed by atoms with E-state index in [1.54, 1.807) is 11.8 Å². The molecular weight excluding hydrogens is 290 g/mol. The second-order valence-electron chi connectivity index (χ2n) is 3.72. The Hall–Kier alpha value is -1.32. The predicted molar refractivity (Wildman–Crippen MR) is 75.7 cm³/mol. The van der Waals surface area contributed by atoms with Gasteiger partial charge in [0.15, 0.2) is 0 Å². The van der Waals surface area contributed by atoms with Crippen LogP contribution >= 0.6 is 11.8 Å². The molecular formula is C10H15N3O4S2. The molecule has 0 saturated carbocycles. The van der Waals surface area contributed by atoms with Crippen LogP contribution in [0, 0.1) is 10.1 Å². The Morgan fingerprint density at radius 3 is 2.68 bits per heavy atom. The zero-order valence-corrected chi connectivity index (χ0v) is 12.0. The number of rotatable bonds is 7. The Morgan fingerprint density at radius 1 is 1.47 bits per heavy atom. The number of hydrogen-bond donors (Lipinski definition) is 2. The average Bonchev–Trinajstić information content (AvgIpc) is 2.34. The first-order valence-corrected chi connectivity index (χ1v) is 8.28. The van der Waals surface area contributed by atoms with E-state index in [1.165, 1.54) is 0 Å².